The van der Waals surface area contributed by atoms with Crippen LogP contribution in [0, 0.1) is 0 Å². The molecule has 0 aromatic carbocycles. The Bertz CT molecular complexity index is 418. The van der Waals surface area contributed by atoms with E-state index in [1.165, 1.54) is 26.4 Å². The minimum absolute atomic E-state index is 0.364. The van der Waals surface area contributed by atoms with Gasteiger partial charge in [0.1, 0.15) is 6.29 Å². The third-order valence-corrected chi connectivity index (χ3v) is 2.64. The van der Waals surface area contributed by atoms with Gasteiger partial charge < -0.3 is 9.47 Å². The van der Waals surface area contributed by atoms with Crippen LogP contribution in [0.1, 0.15) is 32.1 Å². The summed E-state index contributed by atoms with van der Waals surface area (Å²) in [7, 11) is 2.65. The molecule has 0 N–H and O–H groups in total. The van der Waals surface area contributed by atoms with E-state index in [2.05, 4.69) is 9.47 Å². The molecule has 21 heavy (non-hydrogen) atoms. The molecule has 0 bridgehead atoms. The monoisotopic (exact) mass is 294 g/mol. The summed E-state index contributed by atoms with van der Waals surface area (Å²) >= 11 is 0. The lowest BCUT2D eigenvalue weighted by Gasteiger charge is -1.97. The first-order valence-electron chi connectivity index (χ1n) is 6.77. The van der Waals surface area contributed by atoms with Crippen LogP contribution in [0.4, 0.5) is 0 Å². The van der Waals surface area contributed by atoms with Crippen molar-refractivity contribution in [1.82, 2.24) is 0 Å². The molecule has 0 heterocycles. The quantitative estimate of drug-likeness (QED) is 0.268. The highest BCUT2D eigenvalue weighted by atomic mass is 16.5. The summed E-state index contributed by atoms with van der Waals surface area (Å²) in [5, 5.41) is 0. The molecular formula is C16H22O5. The number of esters is 2. The topological polar surface area (TPSA) is 69.7 Å². The van der Waals surface area contributed by atoms with Crippen molar-refractivity contribution in [2.45, 2.75) is 32.1 Å². The van der Waals surface area contributed by atoms with Gasteiger partial charge in [0.25, 0.3) is 0 Å². The maximum Gasteiger partial charge on any atom is 0.330 e. The first-order chi connectivity index (χ1) is 10.1. The van der Waals surface area contributed by atoms with Gasteiger partial charge in [0.15, 0.2) is 0 Å². The summed E-state index contributed by atoms with van der Waals surface area (Å²) in [4.78, 5) is 32.5. The zero-order valence-electron chi connectivity index (χ0n) is 12.5. The van der Waals surface area contributed by atoms with E-state index in [1.807, 2.05) is 6.08 Å². The second-order valence-corrected chi connectivity index (χ2v) is 4.22. The Labute approximate surface area is 125 Å². The number of methoxy groups -OCH3 is 2. The van der Waals surface area contributed by atoms with Crippen LogP contribution < -0.4 is 0 Å². The Morgan fingerprint density at radius 1 is 0.905 bits per heavy atom. The molecule has 116 valence electrons. The van der Waals surface area contributed by atoms with Gasteiger partial charge in [-0.05, 0) is 37.7 Å². The normalized spacial score (nSPS) is 11.8. The summed E-state index contributed by atoms with van der Waals surface area (Å²) in [6, 6.07) is 0. The molecule has 0 atom stereocenters. The zero-order chi connectivity index (χ0) is 15.9. The molecule has 0 spiro atoms. The van der Waals surface area contributed by atoms with E-state index < -0.39 is 5.97 Å². The lowest BCUT2D eigenvalue weighted by molar-refractivity contribution is -0.135. The molecule has 0 aromatic heterocycles. The molecule has 0 saturated carbocycles. The van der Waals surface area contributed by atoms with Crippen LogP contribution in [0.25, 0.3) is 0 Å². The summed E-state index contributed by atoms with van der Waals surface area (Å²) in [5.41, 5.74) is 0.710. The number of ether oxygens (including phenoxy) is 2. The number of unbranched alkanes of at least 4 members (excludes halogenated alkanes) is 2. The number of hydrogen-bond donors (Lipinski definition) is 0. The number of carbonyl (C=O) groups is 3. The smallest absolute Gasteiger partial charge is 0.330 e. The van der Waals surface area contributed by atoms with E-state index in [1.54, 1.807) is 12.2 Å². The van der Waals surface area contributed by atoms with Crippen molar-refractivity contribution < 1.29 is 23.9 Å². The second-order valence-electron chi connectivity index (χ2n) is 4.22. The molecule has 0 saturated heterocycles. The van der Waals surface area contributed by atoms with Gasteiger partial charge in [0.2, 0.25) is 0 Å². The molecule has 5 nitrogen and oxygen atoms in total. The van der Waals surface area contributed by atoms with E-state index in [0.29, 0.717) is 18.4 Å². The molecular weight excluding hydrogens is 272 g/mol. The predicted octanol–water partition coefficient (Wildman–Crippen LogP) is 2.52. The van der Waals surface area contributed by atoms with Crippen molar-refractivity contribution in [3.05, 3.63) is 36.0 Å². The number of hydrogen-bond acceptors (Lipinski definition) is 5. The van der Waals surface area contributed by atoms with E-state index in [9.17, 15) is 14.4 Å². The maximum absolute atomic E-state index is 10.9. The van der Waals surface area contributed by atoms with E-state index in [-0.39, 0.29) is 5.97 Å². The van der Waals surface area contributed by atoms with E-state index in [0.717, 1.165) is 25.5 Å². The summed E-state index contributed by atoms with van der Waals surface area (Å²) < 4.78 is 8.93. The Balaban J connectivity index is 3.93. The summed E-state index contributed by atoms with van der Waals surface area (Å²) in [6.45, 7) is 0. The highest BCUT2D eigenvalue weighted by molar-refractivity contribution is 5.82. The molecule has 0 amide bonds. The van der Waals surface area contributed by atoms with Crippen LogP contribution in [0.2, 0.25) is 0 Å². The fourth-order valence-electron chi connectivity index (χ4n) is 1.48. The van der Waals surface area contributed by atoms with E-state index in [4.69, 9.17) is 0 Å². The van der Waals surface area contributed by atoms with Crippen LogP contribution >= 0.6 is 0 Å². The first-order valence-corrected chi connectivity index (χ1v) is 6.77. The summed E-state index contributed by atoms with van der Waals surface area (Å²) in [6.07, 6.45) is 12.4. The number of aldehydes is 1. The van der Waals surface area contributed by atoms with Crippen LogP contribution in [-0.2, 0) is 23.9 Å². The van der Waals surface area contributed by atoms with Gasteiger partial charge in [-0.1, -0.05) is 18.2 Å². The minimum atomic E-state index is -0.399. The third-order valence-electron chi connectivity index (χ3n) is 2.64. The van der Waals surface area contributed by atoms with Crippen molar-refractivity contribution in [2.75, 3.05) is 14.2 Å². The van der Waals surface area contributed by atoms with Gasteiger partial charge in [-0.25, -0.2) is 9.59 Å². The fraction of sp³-hybridized carbons (Fsp3) is 0.438. The largest absolute Gasteiger partial charge is 0.466 e. The number of rotatable bonds is 10. The lowest BCUT2D eigenvalue weighted by atomic mass is 10.1. The second kappa shape index (κ2) is 12.8. The molecule has 0 aliphatic carbocycles. The van der Waals surface area contributed by atoms with Gasteiger partial charge in [0.05, 0.1) is 14.2 Å². The van der Waals surface area contributed by atoms with Gasteiger partial charge in [0, 0.05) is 12.2 Å². The number of allylic oxidation sites excluding steroid dienone is 4. The van der Waals surface area contributed by atoms with Gasteiger partial charge in [-0.3, -0.25) is 4.79 Å². The Hall–Kier alpha value is -2.17. The molecule has 0 aromatic rings. The standard InChI is InChI=1S/C16H22O5/c1-20-15(18)11-6-4-3-5-9-14(13-17)10-7-8-12-16(19)21-2/h6,8-9,11-13H,3-5,7,10H2,1-2H3/b11-6+,12-8+,14-9+. The Kier molecular flexibility index (Phi) is 11.5. The molecule has 0 aliphatic rings. The third kappa shape index (κ3) is 11.4. The highest BCUT2D eigenvalue weighted by Gasteiger charge is 1.95. The maximum atomic E-state index is 10.9. The molecule has 0 unspecified atom stereocenters. The van der Waals surface area contributed by atoms with Crippen molar-refractivity contribution in [2.24, 2.45) is 0 Å². The predicted molar refractivity (Wildman–Crippen MR) is 79.5 cm³/mol. The molecule has 0 rings (SSSR count). The molecule has 0 aliphatic heterocycles. The van der Waals surface area contributed by atoms with Crippen LogP contribution in [0.15, 0.2) is 36.0 Å². The number of carbonyl (C=O) groups excluding carboxylic acids is 3. The zero-order valence-corrected chi connectivity index (χ0v) is 12.5. The molecule has 0 fully saturated rings. The van der Waals surface area contributed by atoms with E-state index >= 15 is 0 Å². The summed E-state index contributed by atoms with van der Waals surface area (Å²) in [5.74, 6) is -0.763. The van der Waals surface area contributed by atoms with Crippen molar-refractivity contribution in [1.29, 1.82) is 0 Å². The SMILES string of the molecule is COC(=O)/C=C/CCC/C=C(/C=O)CC/C=C/C(=O)OC. The van der Waals surface area contributed by atoms with Crippen LogP contribution in [-0.4, -0.2) is 32.4 Å². The average molecular weight is 294 g/mol. The first kappa shape index (κ1) is 18.8. The average Bonchev–Trinajstić information content (AvgIpc) is 2.51. The Morgan fingerprint density at radius 3 is 2.00 bits per heavy atom. The van der Waals surface area contributed by atoms with Gasteiger partial charge >= 0.3 is 11.9 Å². The molecule has 5 heteroatoms. The highest BCUT2D eigenvalue weighted by Crippen LogP contribution is 2.07. The minimum Gasteiger partial charge on any atom is -0.466 e. The van der Waals surface area contributed by atoms with Gasteiger partial charge in [-0.2, -0.15) is 0 Å². The van der Waals surface area contributed by atoms with Crippen LogP contribution in [0.3, 0.4) is 0 Å². The fourth-order valence-corrected chi connectivity index (χ4v) is 1.48. The molecule has 0 radical (unpaired) electrons. The van der Waals surface area contributed by atoms with Crippen molar-refractivity contribution in [3.63, 3.8) is 0 Å². The van der Waals surface area contributed by atoms with Crippen LogP contribution in [0.5, 0.6) is 0 Å². The lowest BCUT2D eigenvalue weighted by Crippen LogP contribution is -1.93. The Morgan fingerprint density at radius 2 is 1.48 bits per heavy atom. The van der Waals surface area contributed by atoms with Crippen molar-refractivity contribution >= 4 is 18.2 Å². The van der Waals surface area contributed by atoms with Gasteiger partial charge in [-0.15, -0.1) is 0 Å². The van der Waals surface area contributed by atoms with Crippen molar-refractivity contribution in [3.8, 4) is 0 Å².